The van der Waals surface area contributed by atoms with Gasteiger partial charge in [0.05, 0.1) is 20.1 Å². The summed E-state index contributed by atoms with van der Waals surface area (Å²) in [7, 11) is 1.58. The van der Waals surface area contributed by atoms with E-state index in [0.29, 0.717) is 22.2 Å². The molecule has 1 aromatic heterocycles. The molecule has 134 valence electrons. The number of aliphatic hydroxyl groups is 1. The molecule has 0 saturated carbocycles. The molecule has 0 aliphatic carbocycles. The van der Waals surface area contributed by atoms with Crippen LogP contribution in [0.15, 0.2) is 59.5 Å². The molecule has 6 nitrogen and oxygen atoms in total. The highest BCUT2D eigenvalue weighted by atomic mass is 16.5. The Morgan fingerprint density at radius 1 is 1.15 bits per heavy atom. The van der Waals surface area contributed by atoms with Gasteiger partial charge in [-0.15, -0.1) is 0 Å². The van der Waals surface area contributed by atoms with Crippen molar-refractivity contribution in [2.24, 2.45) is 0 Å². The summed E-state index contributed by atoms with van der Waals surface area (Å²) in [5, 5.41) is 13.1. The van der Waals surface area contributed by atoms with Gasteiger partial charge < -0.3 is 19.7 Å². The number of rotatable bonds is 6. The molecule has 1 amide bonds. The minimum Gasteiger partial charge on any atom is -0.497 e. The molecule has 0 aliphatic rings. The fourth-order valence-corrected chi connectivity index (χ4v) is 2.87. The molecular formula is C20H20N2O4. The van der Waals surface area contributed by atoms with Crippen molar-refractivity contribution in [3.63, 3.8) is 0 Å². The summed E-state index contributed by atoms with van der Waals surface area (Å²) in [5.41, 5.74) is 1.23. The second-order valence-electron chi connectivity index (χ2n) is 5.88. The van der Waals surface area contributed by atoms with Crippen LogP contribution < -0.4 is 15.6 Å². The van der Waals surface area contributed by atoms with Crippen molar-refractivity contribution in [2.45, 2.75) is 13.0 Å². The number of ether oxygens (including phenoxy) is 1. The number of nitrogens with zero attached hydrogens (tertiary/aromatic N) is 1. The number of anilines is 1. The van der Waals surface area contributed by atoms with Gasteiger partial charge >= 0.3 is 0 Å². The average molecular weight is 352 g/mol. The van der Waals surface area contributed by atoms with E-state index in [1.165, 1.54) is 4.57 Å². The number of benzene rings is 2. The molecular weight excluding hydrogens is 332 g/mol. The van der Waals surface area contributed by atoms with Gasteiger partial charge in [0.25, 0.3) is 5.56 Å². The number of fused-ring (bicyclic) bond motifs is 1. The number of aromatic nitrogens is 1. The Morgan fingerprint density at radius 3 is 2.73 bits per heavy atom. The van der Waals surface area contributed by atoms with Crippen molar-refractivity contribution in [1.29, 1.82) is 0 Å². The van der Waals surface area contributed by atoms with Crippen LogP contribution in [0.5, 0.6) is 5.75 Å². The van der Waals surface area contributed by atoms with E-state index in [-0.39, 0.29) is 31.0 Å². The normalized spacial score (nSPS) is 10.7. The van der Waals surface area contributed by atoms with Gasteiger partial charge in [-0.3, -0.25) is 9.59 Å². The predicted molar refractivity (Wildman–Crippen MR) is 101 cm³/mol. The zero-order valence-corrected chi connectivity index (χ0v) is 14.4. The summed E-state index contributed by atoms with van der Waals surface area (Å²) in [4.78, 5) is 24.9. The van der Waals surface area contributed by atoms with Crippen molar-refractivity contribution in [3.8, 4) is 5.75 Å². The Balaban J connectivity index is 1.85. The number of pyridine rings is 1. The van der Waals surface area contributed by atoms with Crippen molar-refractivity contribution in [2.75, 3.05) is 19.0 Å². The lowest BCUT2D eigenvalue weighted by atomic mass is 10.1. The predicted octanol–water partition coefficient (Wildman–Crippen LogP) is 2.18. The lowest BCUT2D eigenvalue weighted by Crippen LogP contribution is -2.21. The number of hydrogen-bond acceptors (Lipinski definition) is 4. The second-order valence-corrected chi connectivity index (χ2v) is 5.88. The number of amides is 1. The largest absolute Gasteiger partial charge is 0.497 e. The standard InChI is InChI=1S/C20H20N2O4/c1-26-15-5-2-4-14(12-15)13-19(24)21-18-7-3-6-17-16(18)8-9-22(10-11-23)20(17)25/h2-9,12,23H,10-11,13H2,1H3,(H,21,24). The van der Waals surface area contributed by atoms with E-state index >= 15 is 0 Å². The van der Waals surface area contributed by atoms with Gasteiger partial charge in [-0.1, -0.05) is 18.2 Å². The average Bonchev–Trinajstić information content (AvgIpc) is 2.64. The highest BCUT2D eigenvalue weighted by Crippen LogP contribution is 2.21. The smallest absolute Gasteiger partial charge is 0.258 e. The van der Waals surface area contributed by atoms with Gasteiger partial charge in [0.2, 0.25) is 5.91 Å². The van der Waals surface area contributed by atoms with Crippen LogP contribution in [0.2, 0.25) is 0 Å². The third kappa shape index (κ3) is 3.75. The molecule has 1 heterocycles. The van der Waals surface area contributed by atoms with Gasteiger partial charge in [0.1, 0.15) is 5.75 Å². The van der Waals surface area contributed by atoms with E-state index in [4.69, 9.17) is 9.84 Å². The first-order valence-electron chi connectivity index (χ1n) is 8.28. The molecule has 0 fully saturated rings. The van der Waals surface area contributed by atoms with Crippen molar-refractivity contribution >= 4 is 22.4 Å². The van der Waals surface area contributed by atoms with E-state index in [0.717, 1.165) is 5.56 Å². The molecule has 26 heavy (non-hydrogen) atoms. The number of nitrogens with one attached hydrogen (secondary N) is 1. The molecule has 2 N–H and O–H groups in total. The molecule has 6 heteroatoms. The van der Waals surface area contributed by atoms with E-state index in [1.807, 2.05) is 24.3 Å². The summed E-state index contributed by atoms with van der Waals surface area (Å²) in [6.07, 6.45) is 1.83. The van der Waals surface area contributed by atoms with Crippen molar-refractivity contribution in [3.05, 3.63) is 70.6 Å². The van der Waals surface area contributed by atoms with Gasteiger partial charge in [-0.2, -0.15) is 0 Å². The fourth-order valence-electron chi connectivity index (χ4n) is 2.87. The van der Waals surface area contributed by atoms with Crippen molar-refractivity contribution in [1.82, 2.24) is 4.57 Å². The summed E-state index contributed by atoms with van der Waals surface area (Å²) in [6.45, 7) is 0.129. The SMILES string of the molecule is COc1cccc(CC(=O)Nc2cccc3c(=O)n(CCO)ccc23)c1. The summed E-state index contributed by atoms with van der Waals surface area (Å²) in [5.74, 6) is 0.523. The van der Waals surface area contributed by atoms with Crippen LogP contribution in [0.1, 0.15) is 5.56 Å². The molecule has 0 spiro atoms. The van der Waals surface area contributed by atoms with Crippen LogP contribution in [0.4, 0.5) is 5.69 Å². The summed E-state index contributed by atoms with van der Waals surface area (Å²) in [6, 6.07) is 14.3. The highest BCUT2D eigenvalue weighted by Gasteiger charge is 2.10. The van der Waals surface area contributed by atoms with Crippen LogP contribution in [0.3, 0.4) is 0 Å². The zero-order chi connectivity index (χ0) is 18.5. The minimum absolute atomic E-state index is 0.109. The van der Waals surface area contributed by atoms with Gasteiger partial charge in [0.15, 0.2) is 0 Å². The summed E-state index contributed by atoms with van der Waals surface area (Å²) >= 11 is 0. The molecule has 0 atom stereocenters. The summed E-state index contributed by atoms with van der Waals surface area (Å²) < 4.78 is 6.62. The lowest BCUT2D eigenvalue weighted by Gasteiger charge is -2.11. The monoisotopic (exact) mass is 352 g/mol. The van der Waals surface area contributed by atoms with Crippen molar-refractivity contribution < 1.29 is 14.6 Å². The van der Waals surface area contributed by atoms with Gasteiger partial charge in [0, 0.05) is 29.2 Å². The molecule has 0 unspecified atom stereocenters. The van der Waals surface area contributed by atoms with E-state index < -0.39 is 0 Å². The Morgan fingerprint density at radius 2 is 1.96 bits per heavy atom. The number of hydrogen-bond donors (Lipinski definition) is 2. The third-order valence-electron chi connectivity index (χ3n) is 4.13. The molecule has 3 aromatic rings. The quantitative estimate of drug-likeness (QED) is 0.713. The molecule has 2 aromatic carbocycles. The maximum absolute atomic E-state index is 12.4. The first-order chi connectivity index (χ1) is 12.6. The number of methoxy groups -OCH3 is 1. The number of carbonyl (C=O) groups excluding carboxylic acids is 1. The van der Waals surface area contributed by atoms with Crippen LogP contribution in [-0.4, -0.2) is 29.3 Å². The molecule has 0 saturated heterocycles. The van der Waals surface area contributed by atoms with Crippen LogP contribution >= 0.6 is 0 Å². The topological polar surface area (TPSA) is 80.6 Å². The Hall–Kier alpha value is -3.12. The van der Waals surface area contributed by atoms with E-state index in [2.05, 4.69) is 5.32 Å². The number of aliphatic hydroxyl groups excluding tert-OH is 1. The van der Waals surface area contributed by atoms with Gasteiger partial charge in [-0.05, 0) is 35.9 Å². The van der Waals surface area contributed by atoms with E-state index in [1.54, 1.807) is 37.6 Å². The zero-order valence-electron chi connectivity index (χ0n) is 14.4. The van der Waals surface area contributed by atoms with Crippen LogP contribution in [-0.2, 0) is 17.8 Å². The van der Waals surface area contributed by atoms with Gasteiger partial charge in [-0.25, -0.2) is 0 Å². The second kappa shape index (κ2) is 7.84. The fraction of sp³-hybridized carbons (Fsp3) is 0.200. The maximum Gasteiger partial charge on any atom is 0.258 e. The minimum atomic E-state index is -0.194. The lowest BCUT2D eigenvalue weighted by molar-refractivity contribution is -0.115. The Labute approximate surface area is 150 Å². The highest BCUT2D eigenvalue weighted by molar-refractivity contribution is 6.02. The molecule has 0 aliphatic heterocycles. The van der Waals surface area contributed by atoms with E-state index in [9.17, 15) is 9.59 Å². The Bertz CT molecular complexity index is 995. The van der Waals surface area contributed by atoms with Crippen LogP contribution in [0.25, 0.3) is 10.8 Å². The third-order valence-corrected chi connectivity index (χ3v) is 4.13. The molecule has 0 radical (unpaired) electrons. The van der Waals surface area contributed by atoms with Crippen LogP contribution in [0, 0.1) is 0 Å². The maximum atomic E-state index is 12.4. The molecule has 0 bridgehead atoms. The first kappa shape index (κ1) is 17.7. The first-order valence-corrected chi connectivity index (χ1v) is 8.28. The number of carbonyl (C=O) groups is 1. The molecule has 3 rings (SSSR count). The Kier molecular flexibility index (Phi) is 5.34.